The third kappa shape index (κ3) is 8.46. The van der Waals surface area contributed by atoms with Crippen molar-refractivity contribution in [3.63, 3.8) is 0 Å². The first-order chi connectivity index (χ1) is 11.4. The Balaban J connectivity index is 2.27. The quantitative estimate of drug-likeness (QED) is 0.653. The summed E-state index contributed by atoms with van der Waals surface area (Å²) in [6.07, 6.45) is 2.32. The average Bonchev–Trinajstić information content (AvgIpc) is 2.52. The van der Waals surface area contributed by atoms with Crippen molar-refractivity contribution in [1.29, 1.82) is 0 Å². The van der Waals surface area contributed by atoms with Gasteiger partial charge in [0.15, 0.2) is 0 Å². The molecule has 0 fully saturated rings. The molecule has 0 heterocycles. The molecule has 0 aliphatic heterocycles. The molecule has 0 spiro atoms. The standard InChI is InChI=1S/C20H33NO3/c1-15(2)11-17(4)24-10-9-20(23)21-13-18(14-22)12-19-8-6-5-7-16(19)3/h5-8,15,17-18,22H,9-14H2,1-4H3,(H,21,23). The summed E-state index contributed by atoms with van der Waals surface area (Å²) in [7, 11) is 0. The molecule has 0 aliphatic rings. The van der Waals surface area contributed by atoms with Crippen LogP contribution in [0.2, 0.25) is 0 Å². The third-order valence-corrected chi connectivity index (χ3v) is 4.15. The van der Waals surface area contributed by atoms with E-state index in [1.165, 1.54) is 11.1 Å². The topological polar surface area (TPSA) is 58.6 Å². The maximum absolute atomic E-state index is 11.9. The molecule has 0 radical (unpaired) electrons. The Kier molecular flexibility index (Phi) is 9.65. The summed E-state index contributed by atoms with van der Waals surface area (Å²) in [5.41, 5.74) is 2.44. The number of amides is 1. The number of aliphatic hydroxyl groups is 1. The predicted octanol–water partition coefficient (Wildman–Crippen LogP) is 3.10. The Hall–Kier alpha value is -1.39. The molecule has 2 unspecified atom stereocenters. The van der Waals surface area contributed by atoms with Crippen LogP contribution in [-0.4, -0.2) is 36.9 Å². The number of hydrogen-bond acceptors (Lipinski definition) is 3. The van der Waals surface area contributed by atoms with Gasteiger partial charge in [0.1, 0.15) is 0 Å². The largest absolute Gasteiger partial charge is 0.396 e. The van der Waals surface area contributed by atoms with Crippen molar-refractivity contribution in [1.82, 2.24) is 5.32 Å². The molecule has 2 N–H and O–H groups in total. The maximum atomic E-state index is 11.9. The fourth-order valence-electron chi connectivity index (χ4n) is 2.78. The van der Waals surface area contributed by atoms with Gasteiger partial charge in [0.05, 0.1) is 12.7 Å². The maximum Gasteiger partial charge on any atom is 0.222 e. The number of benzene rings is 1. The highest BCUT2D eigenvalue weighted by molar-refractivity contribution is 5.75. The minimum absolute atomic E-state index is 0.0185. The van der Waals surface area contributed by atoms with Crippen molar-refractivity contribution in [3.05, 3.63) is 35.4 Å². The zero-order valence-corrected chi connectivity index (χ0v) is 15.5. The highest BCUT2D eigenvalue weighted by Gasteiger charge is 2.12. The van der Waals surface area contributed by atoms with E-state index in [-0.39, 0.29) is 24.5 Å². The van der Waals surface area contributed by atoms with Gasteiger partial charge in [0, 0.05) is 25.5 Å². The van der Waals surface area contributed by atoms with Crippen LogP contribution in [0.15, 0.2) is 24.3 Å². The van der Waals surface area contributed by atoms with Crippen LogP contribution in [-0.2, 0) is 16.0 Å². The molecular weight excluding hydrogens is 302 g/mol. The Labute approximate surface area is 146 Å². The van der Waals surface area contributed by atoms with Crippen LogP contribution in [0.25, 0.3) is 0 Å². The van der Waals surface area contributed by atoms with Crippen LogP contribution < -0.4 is 5.32 Å². The normalized spacial score (nSPS) is 13.8. The molecule has 0 saturated heterocycles. The van der Waals surface area contributed by atoms with E-state index in [1.807, 2.05) is 19.1 Å². The number of ether oxygens (including phenoxy) is 1. The molecular formula is C20H33NO3. The Morgan fingerprint density at radius 3 is 2.58 bits per heavy atom. The van der Waals surface area contributed by atoms with Crippen LogP contribution in [0, 0.1) is 18.8 Å². The van der Waals surface area contributed by atoms with Crippen LogP contribution >= 0.6 is 0 Å². The highest BCUT2D eigenvalue weighted by Crippen LogP contribution is 2.13. The van der Waals surface area contributed by atoms with Gasteiger partial charge >= 0.3 is 0 Å². The lowest BCUT2D eigenvalue weighted by Gasteiger charge is -2.17. The lowest BCUT2D eigenvalue weighted by molar-refractivity contribution is -0.122. The smallest absolute Gasteiger partial charge is 0.222 e. The van der Waals surface area contributed by atoms with Crippen molar-refractivity contribution >= 4 is 5.91 Å². The zero-order valence-electron chi connectivity index (χ0n) is 15.5. The molecule has 0 bridgehead atoms. The molecule has 1 amide bonds. The average molecular weight is 335 g/mol. The van der Waals surface area contributed by atoms with Crippen molar-refractivity contribution in [2.45, 2.75) is 53.1 Å². The molecule has 2 atom stereocenters. The van der Waals surface area contributed by atoms with Gasteiger partial charge in [-0.3, -0.25) is 4.79 Å². The zero-order chi connectivity index (χ0) is 17.9. The number of carbonyl (C=O) groups is 1. The Morgan fingerprint density at radius 1 is 1.25 bits per heavy atom. The number of nitrogens with one attached hydrogen (secondary N) is 1. The lowest BCUT2D eigenvalue weighted by Crippen LogP contribution is -2.32. The van der Waals surface area contributed by atoms with Gasteiger partial charge in [0.2, 0.25) is 5.91 Å². The molecule has 0 saturated carbocycles. The second kappa shape index (κ2) is 11.2. The van der Waals surface area contributed by atoms with E-state index >= 15 is 0 Å². The summed E-state index contributed by atoms with van der Waals surface area (Å²) >= 11 is 0. The summed E-state index contributed by atoms with van der Waals surface area (Å²) in [6.45, 7) is 9.44. The molecule has 1 rings (SSSR count). The summed E-state index contributed by atoms with van der Waals surface area (Å²) in [5.74, 6) is 0.617. The van der Waals surface area contributed by atoms with Gasteiger partial charge in [-0.25, -0.2) is 0 Å². The molecule has 4 heteroatoms. The number of rotatable bonds is 11. The molecule has 24 heavy (non-hydrogen) atoms. The minimum atomic E-state index is -0.0185. The predicted molar refractivity (Wildman–Crippen MR) is 98.0 cm³/mol. The number of hydrogen-bond donors (Lipinski definition) is 2. The molecule has 136 valence electrons. The second-order valence-electron chi connectivity index (χ2n) is 7.04. The van der Waals surface area contributed by atoms with E-state index in [0.717, 1.165) is 12.8 Å². The molecule has 1 aromatic rings. The highest BCUT2D eigenvalue weighted by atomic mass is 16.5. The summed E-state index contributed by atoms with van der Waals surface area (Å²) in [6, 6.07) is 8.15. The Morgan fingerprint density at radius 2 is 1.96 bits per heavy atom. The Bertz CT molecular complexity index is 488. The molecule has 0 aliphatic carbocycles. The van der Waals surface area contributed by atoms with Crippen LogP contribution in [0.5, 0.6) is 0 Å². The third-order valence-electron chi connectivity index (χ3n) is 4.15. The van der Waals surface area contributed by atoms with Crippen LogP contribution in [0.4, 0.5) is 0 Å². The van der Waals surface area contributed by atoms with E-state index < -0.39 is 0 Å². The van der Waals surface area contributed by atoms with E-state index in [1.54, 1.807) is 0 Å². The van der Waals surface area contributed by atoms with Gasteiger partial charge in [-0.2, -0.15) is 0 Å². The van der Waals surface area contributed by atoms with Crippen LogP contribution in [0.1, 0.15) is 44.7 Å². The molecule has 4 nitrogen and oxygen atoms in total. The van der Waals surface area contributed by atoms with E-state index in [2.05, 4.69) is 38.2 Å². The van der Waals surface area contributed by atoms with E-state index in [9.17, 15) is 9.90 Å². The van der Waals surface area contributed by atoms with E-state index in [0.29, 0.717) is 25.5 Å². The van der Waals surface area contributed by atoms with Crippen molar-refractivity contribution in [2.75, 3.05) is 19.8 Å². The molecule has 0 aromatic heterocycles. The van der Waals surface area contributed by atoms with Crippen molar-refractivity contribution in [2.24, 2.45) is 11.8 Å². The minimum Gasteiger partial charge on any atom is -0.396 e. The van der Waals surface area contributed by atoms with Gasteiger partial charge in [0.25, 0.3) is 0 Å². The second-order valence-corrected chi connectivity index (χ2v) is 7.04. The van der Waals surface area contributed by atoms with Crippen molar-refractivity contribution < 1.29 is 14.6 Å². The number of aryl methyl sites for hydroxylation is 1. The lowest BCUT2D eigenvalue weighted by atomic mass is 9.96. The molecule has 1 aromatic carbocycles. The van der Waals surface area contributed by atoms with E-state index in [4.69, 9.17) is 4.74 Å². The summed E-state index contributed by atoms with van der Waals surface area (Å²) < 4.78 is 5.66. The van der Waals surface area contributed by atoms with Gasteiger partial charge < -0.3 is 15.2 Å². The van der Waals surface area contributed by atoms with Gasteiger partial charge in [-0.1, -0.05) is 38.1 Å². The van der Waals surface area contributed by atoms with Gasteiger partial charge in [-0.05, 0) is 43.7 Å². The van der Waals surface area contributed by atoms with Crippen molar-refractivity contribution in [3.8, 4) is 0 Å². The number of aliphatic hydroxyl groups excluding tert-OH is 1. The van der Waals surface area contributed by atoms with Gasteiger partial charge in [-0.15, -0.1) is 0 Å². The fraction of sp³-hybridized carbons (Fsp3) is 0.650. The summed E-state index contributed by atoms with van der Waals surface area (Å²) in [5, 5.41) is 12.5. The first kappa shape index (κ1) is 20.7. The first-order valence-corrected chi connectivity index (χ1v) is 8.96. The fourth-order valence-corrected chi connectivity index (χ4v) is 2.78. The number of carbonyl (C=O) groups excluding carboxylic acids is 1. The summed E-state index contributed by atoms with van der Waals surface area (Å²) in [4.78, 5) is 11.9. The van der Waals surface area contributed by atoms with Crippen LogP contribution in [0.3, 0.4) is 0 Å². The first-order valence-electron chi connectivity index (χ1n) is 8.96. The SMILES string of the molecule is Cc1ccccc1CC(CO)CNC(=O)CCOC(C)CC(C)C. The monoisotopic (exact) mass is 335 g/mol.